The third-order valence-corrected chi connectivity index (χ3v) is 5.38. The van der Waals surface area contributed by atoms with E-state index in [1.54, 1.807) is 31.6 Å². The Bertz CT molecular complexity index is 884. The summed E-state index contributed by atoms with van der Waals surface area (Å²) in [4.78, 5) is 40.1. The van der Waals surface area contributed by atoms with Gasteiger partial charge in [0, 0.05) is 18.6 Å². The van der Waals surface area contributed by atoms with Crippen LogP contribution in [0.5, 0.6) is 0 Å². The third-order valence-electron chi connectivity index (χ3n) is 3.93. The quantitative estimate of drug-likeness (QED) is 0.296. The van der Waals surface area contributed by atoms with Gasteiger partial charge in [-0.25, -0.2) is 9.79 Å². The number of nitro groups is 1. The Balaban J connectivity index is 2.69. The number of aliphatic imine (C=N–C) groups is 1. The molecule has 1 aliphatic heterocycles. The second-order valence-electron chi connectivity index (χ2n) is 5.72. The van der Waals surface area contributed by atoms with E-state index in [1.165, 1.54) is 36.5 Å². The van der Waals surface area contributed by atoms with E-state index in [4.69, 9.17) is 9.47 Å². The van der Waals surface area contributed by atoms with Crippen LogP contribution in [0, 0.1) is 10.1 Å². The molecule has 0 saturated heterocycles. The molecule has 2 rings (SSSR count). The molecule has 156 valence electrons. The topological polar surface area (TPSA) is 120 Å². The fraction of sp³-hybridized carbons (Fsp3) is 0.389. The number of hydrogen-bond acceptors (Lipinski definition) is 10. The van der Waals surface area contributed by atoms with Crippen LogP contribution in [0.4, 0.5) is 5.69 Å². The minimum atomic E-state index is -0.842. The van der Waals surface area contributed by atoms with Crippen LogP contribution in [0.25, 0.3) is 0 Å². The molecule has 29 heavy (non-hydrogen) atoms. The number of nitrogens with zero attached hydrogens (tertiary/aromatic N) is 2. The maximum Gasteiger partial charge on any atom is 0.338 e. The van der Waals surface area contributed by atoms with Gasteiger partial charge in [0.1, 0.15) is 12.6 Å². The predicted octanol–water partition coefficient (Wildman–Crippen LogP) is 3.06. The fourth-order valence-electron chi connectivity index (χ4n) is 2.76. The van der Waals surface area contributed by atoms with E-state index in [9.17, 15) is 19.7 Å². The monoisotopic (exact) mass is 439 g/mol. The van der Waals surface area contributed by atoms with Crippen LogP contribution in [0.2, 0.25) is 0 Å². The summed E-state index contributed by atoms with van der Waals surface area (Å²) in [6.07, 6.45) is 3.52. The van der Waals surface area contributed by atoms with E-state index in [2.05, 4.69) is 10.3 Å². The first-order chi connectivity index (χ1) is 13.8. The van der Waals surface area contributed by atoms with Gasteiger partial charge in [-0.3, -0.25) is 14.9 Å². The molecule has 1 atom stereocenters. The lowest BCUT2D eigenvalue weighted by Gasteiger charge is -2.27. The zero-order valence-electron chi connectivity index (χ0n) is 16.4. The lowest BCUT2D eigenvalue weighted by atomic mass is 9.95. The summed E-state index contributed by atoms with van der Waals surface area (Å²) >= 11 is 2.51. The average molecular weight is 440 g/mol. The summed E-state index contributed by atoms with van der Waals surface area (Å²) in [5.41, 5.74) is 0.922. The van der Waals surface area contributed by atoms with E-state index >= 15 is 0 Å². The van der Waals surface area contributed by atoms with Gasteiger partial charge in [0.05, 0.1) is 27.7 Å². The van der Waals surface area contributed by atoms with Crippen molar-refractivity contribution in [2.45, 2.75) is 24.8 Å². The Morgan fingerprint density at radius 2 is 2.00 bits per heavy atom. The number of benzene rings is 1. The molecule has 0 bridgehead atoms. The minimum absolute atomic E-state index is 0.0702. The summed E-state index contributed by atoms with van der Waals surface area (Å²) in [5, 5.41) is 15.0. The summed E-state index contributed by atoms with van der Waals surface area (Å²) < 4.78 is 10.3. The minimum Gasteiger partial charge on any atom is -0.463 e. The van der Waals surface area contributed by atoms with Crippen LogP contribution in [-0.2, 0) is 19.1 Å². The number of nitro benzene ring substituents is 1. The second-order valence-corrected chi connectivity index (χ2v) is 7.33. The molecule has 1 unspecified atom stereocenters. The lowest BCUT2D eigenvalue weighted by molar-refractivity contribution is -0.387. The summed E-state index contributed by atoms with van der Waals surface area (Å²) in [5.74, 6) is -1.14. The van der Waals surface area contributed by atoms with E-state index in [1.807, 2.05) is 0 Å². The number of nitrogens with one attached hydrogen (secondary N) is 1. The number of carbonyl (C=O) groups excluding carboxylic acids is 2. The molecule has 0 aromatic heterocycles. The second kappa shape index (κ2) is 10.3. The van der Waals surface area contributed by atoms with Crippen molar-refractivity contribution < 1.29 is 24.0 Å². The fourth-order valence-corrected chi connectivity index (χ4v) is 3.96. The normalized spacial score (nSPS) is 16.0. The Kier molecular flexibility index (Phi) is 8.09. The van der Waals surface area contributed by atoms with Crippen molar-refractivity contribution in [3.63, 3.8) is 0 Å². The standard InChI is InChI=1S/C18H21N3O6S2/c1-5-26-17(23)14-12(9-27-10(2)22)19-18(29-4)20-15(14)11-7-6-8-13(21(24)25)16(11)28-3/h6-8,15H,5,9H2,1-4H3,(H,19,20). The molecule has 1 aliphatic rings. The van der Waals surface area contributed by atoms with Crippen LogP contribution >= 0.6 is 23.5 Å². The van der Waals surface area contributed by atoms with Crippen molar-refractivity contribution >= 4 is 46.3 Å². The van der Waals surface area contributed by atoms with Gasteiger partial charge in [-0.05, 0) is 19.4 Å². The highest BCUT2D eigenvalue weighted by molar-refractivity contribution is 8.13. The first-order valence-electron chi connectivity index (χ1n) is 8.57. The van der Waals surface area contributed by atoms with Gasteiger partial charge in [-0.15, -0.1) is 11.8 Å². The number of rotatable bonds is 7. The van der Waals surface area contributed by atoms with Gasteiger partial charge in [0.25, 0.3) is 5.69 Å². The molecule has 0 saturated carbocycles. The highest BCUT2D eigenvalue weighted by Gasteiger charge is 2.35. The van der Waals surface area contributed by atoms with Crippen molar-refractivity contribution in [1.29, 1.82) is 0 Å². The SMILES string of the molecule is CCOC(=O)C1=C(COC(C)=O)NC(SC)=NC1c1cccc([N+](=O)[O-])c1SC. The first kappa shape index (κ1) is 22.8. The smallest absolute Gasteiger partial charge is 0.338 e. The number of thioether (sulfide) groups is 2. The highest BCUT2D eigenvalue weighted by atomic mass is 32.2. The average Bonchev–Trinajstić information content (AvgIpc) is 2.70. The first-order valence-corrected chi connectivity index (χ1v) is 11.0. The zero-order valence-corrected chi connectivity index (χ0v) is 18.0. The molecule has 0 aliphatic carbocycles. The van der Waals surface area contributed by atoms with Crippen LogP contribution in [0.1, 0.15) is 25.5 Å². The molecule has 0 spiro atoms. The molecule has 1 heterocycles. The molecule has 0 radical (unpaired) electrons. The third kappa shape index (κ3) is 5.30. The Morgan fingerprint density at radius 1 is 1.28 bits per heavy atom. The number of esters is 2. The summed E-state index contributed by atoms with van der Waals surface area (Å²) in [6.45, 7) is 2.90. The highest BCUT2D eigenvalue weighted by Crippen LogP contribution is 2.41. The van der Waals surface area contributed by atoms with Gasteiger partial charge in [0.15, 0.2) is 5.17 Å². The van der Waals surface area contributed by atoms with Gasteiger partial charge in [-0.2, -0.15) is 0 Å². The summed E-state index contributed by atoms with van der Waals surface area (Å²) in [6, 6.07) is 3.81. The van der Waals surface area contributed by atoms with Gasteiger partial charge in [0.2, 0.25) is 0 Å². The van der Waals surface area contributed by atoms with Gasteiger partial charge < -0.3 is 14.8 Å². The number of carbonyl (C=O) groups is 2. The van der Waals surface area contributed by atoms with Crippen molar-refractivity contribution in [2.75, 3.05) is 25.7 Å². The van der Waals surface area contributed by atoms with Crippen molar-refractivity contribution in [3.8, 4) is 0 Å². The van der Waals surface area contributed by atoms with Crippen LogP contribution in [0.3, 0.4) is 0 Å². The molecule has 1 N–H and O–H groups in total. The zero-order chi connectivity index (χ0) is 21.6. The Morgan fingerprint density at radius 3 is 2.55 bits per heavy atom. The molecule has 1 aromatic rings. The number of amidine groups is 1. The lowest BCUT2D eigenvalue weighted by Crippen LogP contribution is -2.34. The largest absolute Gasteiger partial charge is 0.463 e. The maximum absolute atomic E-state index is 12.8. The molecule has 0 fully saturated rings. The Labute approximate surface area is 176 Å². The van der Waals surface area contributed by atoms with E-state index in [-0.39, 0.29) is 24.5 Å². The molecule has 9 nitrogen and oxygen atoms in total. The van der Waals surface area contributed by atoms with Gasteiger partial charge >= 0.3 is 11.9 Å². The van der Waals surface area contributed by atoms with E-state index < -0.39 is 22.9 Å². The Hall–Kier alpha value is -2.53. The summed E-state index contributed by atoms with van der Waals surface area (Å²) in [7, 11) is 0. The molecule has 11 heteroatoms. The van der Waals surface area contributed by atoms with Crippen LogP contribution < -0.4 is 5.32 Å². The predicted molar refractivity (Wildman–Crippen MR) is 112 cm³/mol. The van der Waals surface area contributed by atoms with E-state index in [0.29, 0.717) is 21.3 Å². The van der Waals surface area contributed by atoms with Crippen molar-refractivity contribution in [1.82, 2.24) is 5.32 Å². The molecular formula is C18H21N3O6S2. The molecular weight excluding hydrogens is 418 g/mol. The van der Waals surface area contributed by atoms with Crippen LogP contribution in [0.15, 0.2) is 39.4 Å². The van der Waals surface area contributed by atoms with Crippen LogP contribution in [-0.4, -0.2) is 47.8 Å². The molecule has 1 aromatic carbocycles. The van der Waals surface area contributed by atoms with E-state index in [0.717, 1.165) is 0 Å². The van der Waals surface area contributed by atoms with Crippen molar-refractivity contribution in [2.24, 2.45) is 4.99 Å². The maximum atomic E-state index is 12.8. The van der Waals surface area contributed by atoms with Gasteiger partial charge in [-0.1, -0.05) is 23.9 Å². The van der Waals surface area contributed by atoms with Crippen molar-refractivity contribution in [3.05, 3.63) is 45.1 Å². The number of ether oxygens (including phenoxy) is 2. The number of hydrogen-bond donors (Lipinski definition) is 1. The molecule has 0 amide bonds.